The zero-order valence-electron chi connectivity index (χ0n) is 14.2. The van der Waals surface area contributed by atoms with Gasteiger partial charge in [-0.1, -0.05) is 0 Å². The second-order valence-electron chi connectivity index (χ2n) is 5.63. The van der Waals surface area contributed by atoms with E-state index in [1.54, 1.807) is 0 Å². The molecule has 2 amide bonds. The molecular formula is C19H17FN2O5. The highest BCUT2D eigenvalue weighted by atomic mass is 19.1. The van der Waals surface area contributed by atoms with Crippen LogP contribution >= 0.6 is 0 Å². The number of anilines is 1. The molecule has 0 spiro atoms. The van der Waals surface area contributed by atoms with Gasteiger partial charge in [-0.3, -0.25) is 19.2 Å². The summed E-state index contributed by atoms with van der Waals surface area (Å²) < 4.78 is 12.8. The Morgan fingerprint density at radius 2 is 1.44 bits per heavy atom. The Balaban J connectivity index is 1.83. The topological polar surface area (TPSA) is 113 Å². The number of carbonyl (C=O) groups is 4. The van der Waals surface area contributed by atoms with Gasteiger partial charge in [0.25, 0.3) is 5.91 Å². The molecule has 0 unspecified atom stereocenters. The number of hydrogen-bond donors (Lipinski definition) is 3. The molecule has 3 N–H and O–H groups in total. The second-order valence-corrected chi connectivity index (χ2v) is 5.63. The second kappa shape index (κ2) is 9.23. The maximum Gasteiger partial charge on any atom is 0.322 e. The van der Waals surface area contributed by atoms with Crippen LogP contribution in [-0.4, -0.2) is 35.2 Å². The van der Waals surface area contributed by atoms with Crippen molar-refractivity contribution in [3.8, 4) is 0 Å². The Hall–Kier alpha value is -3.55. The number of carboxylic acids is 1. The third-order valence-corrected chi connectivity index (χ3v) is 3.58. The van der Waals surface area contributed by atoms with Gasteiger partial charge in [-0.15, -0.1) is 0 Å². The number of benzene rings is 2. The summed E-state index contributed by atoms with van der Waals surface area (Å²) in [5.41, 5.74) is 1.02. The van der Waals surface area contributed by atoms with Crippen LogP contribution in [0.25, 0.3) is 0 Å². The molecule has 0 aliphatic heterocycles. The van der Waals surface area contributed by atoms with Crippen molar-refractivity contribution in [3.05, 3.63) is 65.5 Å². The van der Waals surface area contributed by atoms with E-state index in [0.29, 0.717) is 11.3 Å². The van der Waals surface area contributed by atoms with Crippen molar-refractivity contribution in [1.82, 2.24) is 5.32 Å². The molecule has 2 rings (SSSR count). The van der Waals surface area contributed by atoms with E-state index >= 15 is 0 Å². The summed E-state index contributed by atoms with van der Waals surface area (Å²) in [5.74, 6) is -2.78. The molecule has 2 aromatic rings. The highest BCUT2D eigenvalue weighted by Crippen LogP contribution is 2.12. The summed E-state index contributed by atoms with van der Waals surface area (Å²) in [4.78, 5) is 46.0. The zero-order valence-corrected chi connectivity index (χ0v) is 14.2. The van der Waals surface area contributed by atoms with Crippen molar-refractivity contribution in [2.45, 2.75) is 12.8 Å². The third kappa shape index (κ3) is 6.35. The molecule has 27 heavy (non-hydrogen) atoms. The van der Waals surface area contributed by atoms with Crippen LogP contribution in [-0.2, 0) is 9.59 Å². The Morgan fingerprint density at radius 3 is 2.04 bits per heavy atom. The molecule has 2 aromatic carbocycles. The van der Waals surface area contributed by atoms with Gasteiger partial charge >= 0.3 is 5.97 Å². The summed E-state index contributed by atoms with van der Waals surface area (Å²) >= 11 is 0. The number of nitrogens with one attached hydrogen (secondary N) is 2. The first-order chi connectivity index (χ1) is 12.8. The van der Waals surface area contributed by atoms with Gasteiger partial charge < -0.3 is 15.7 Å². The highest BCUT2D eigenvalue weighted by molar-refractivity contribution is 6.00. The van der Waals surface area contributed by atoms with E-state index in [1.807, 2.05) is 0 Å². The number of Topliss-reactive ketones (excluding diaryl/α,β-unsaturated/α-hetero) is 1. The van der Waals surface area contributed by atoms with Gasteiger partial charge in [0.2, 0.25) is 5.91 Å². The summed E-state index contributed by atoms with van der Waals surface area (Å²) in [6.07, 6.45) is -0.0653. The van der Waals surface area contributed by atoms with Crippen molar-refractivity contribution in [2.24, 2.45) is 0 Å². The zero-order chi connectivity index (χ0) is 19.8. The number of carbonyl (C=O) groups excluding carboxylic acids is 3. The molecule has 0 saturated carbocycles. The van der Waals surface area contributed by atoms with E-state index in [0.717, 1.165) is 0 Å². The van der Waals surface area contributed by atoms with E-state index in [4.69, 9.17) is 5.11 Å². The van der Waals surface area contributed by atoms with Crippen LogP contribution in [0.15, 0.2) is 48.5 Å². The van der Waals surface area contributed by atoms with Gasteiger partial charge in [-0.2, -0.15) is 0 Å². The minimum Gasteiger partial charge on any atom is -0.480 e. The monoisotopic (exact) mass is 372 g/mol. The molecule has 7 nitrogen and oxygen atoms in total. The highest BCUT2D eigenvalue weighted by Gasteiger charge is 2.11. The lowest BCUT2D eigenvalue weighted by atomic mass is 10.1. The fraction of sp³-hybridized carbons (Fsp3) is 0.158. The molecule has 0 atom stereocenters. The number of carboxylic acid groups (broad SMARTS) is 1. The Kier molecular flexibility index (Phi) is 6.76. The minimum absolute atomic E-state index is 0.0207. The van der Waals surface area contributed by atoms with Crippen LogP contribution in [0.1, 0.15) is 33.6 Å². The Labute approximate surface area is 154 Å². The predicted octanol–water partition coefficient (Wildman–Crippen LogP) is 2.24. The van der Waals surface area contributed by atoms with Gasteiger partial charge in [-0.25, -0.2) is 4.39 Å². The standard InChI is InChI=1S/C19H17FN2O5/c20-14-5-1-12(2-6-14)16(23)9-10-17(24)22-15-7-3-13(4-8-15)19(27)21-11-18(25)26/h1-8H,9-11H2,(H,21,27)(H,22,24)(H,25,26). The summed E-state index contributed by atoms with van der Waals surface area (Å²) in [5, 5.41) is 13.3. The number of rotatable bonds is 8. The molecule has 0 aliphatic carbocycles. The van der Waals surface area contributed by atoms with Gasteiger partial charge in [0, 0.05) is 29.7 Å². The lowest BCUT2D eigenvalue weighted by Crippen LogP contribution is -2.29. The van der Waals surface area contributed by atoms with E-state index < -0.39 is 24.2 Å². The fourth-order valence-electron chi connectivity index (χ4n) is 2.19. The van der Waals surface area contributed by atoms with Crippen molar-refractivity contribution in [2.75, 3.05) is 11.9 Å². The number of hydrogen-bond acceptors (Lipinski definition) is 4. The van der Waals surface area contributed by atoms with E-state index in [-0.39, 0.29) is 30.1 Å². The number of ketones is 1. The molecule has 0 radical (unpaired) electrons. The average Bonchev–Trinajstić information content (AvgIpc) is 2.65. The van der Waals surface area contributed by atoms with Crippen LogP contribution in [0.5, 0.6) is 0 Å². The van der Waals surface area contributed by atoms with Crippen molar-refractivity contribution >= 4 is 29.3 Å². The first-order valence-electron chi connectivity index (χ1n) is 8.04. The van der Waals surface area contributed by atoms with E-state index in [9.17, 15) is 23.6 Å². The van der Waals surface area contributed by atoms with Gasteiger partial charge in [0.05, 0.1) is 0 Å². The smallest absolute Gasteiger partial charge is 0.322 e. The SMILES string of the molecule is O=C(O)CNC(=O)c1ccc(NC(=O)CCC(=O)c2ccc(F)cc2)cc1. The third-order valence-electron chi connectivity index (χ3n) is 3.58. The fourth-order valence-corrected chi connectivity index (χ4v) is 2.19. The first-order valence-corrected chi connectivity index (χ1v) is 8.04. The number of halogens is 1. The molecule has 0 heterocycles. The van der Waals surface area contributed by atoms with Crippen LogP contribution < -0.4 is 10.6 Å². The maximum atomic E-state index is 12.8. The van der Waals surface area contributed by atoms with Crippen molar-refractivity contribution in [3.63, 3.8) is 0 Å². The van der Waals surface area contributed by atoms with Crippen molar-refractivity contribution < 1.29 is 28.7 Å². The molecular weight excluding hydrogens is 355 g/mol. The molecule has 140 valence electrons. The largest absolute Gasteiger partial charge is 0.480 e. The normalized spacial score (nSPS) is 10.1. The molecule has 8 heteroatoms. The Morgan fingerprint density at radius 1 is 0.852 bits per heavy atom. The van der Waals surface area contributed by atoms with Crippen molar-refractivity contribution in [1.29, 1.82) is 0 Å². The van der Waals surface area contributed by atoms with Gasteiger partial charge in [-0.05, 0) is 48.5 Å². The van der Waals surface area contributed by atoms with Gasteiger partial charge in [0.15, 0.2) is 5.78 Å². The lowest BCUT2D eigenvalue weighted by Gasteiger charge is -2.07. The van der Waals surface area contributed by atoms with E-state index in [1.165, 1.54) is 48.5 Å². The Bertz CT molecular complexity index is 847. The minimum atomic E-state index is -1.15. The lowest BCUT2D eigenvalue weighted by molar-refractivity contribution is -0.135. The molecule has 0 aromatic heterocycles. The maximum absolute atomic E-state index is 12.8. The summed E-state index contributed by atoms with van der Waals surface area (Å²) in [7, 11) is 0. The molecule has 0 aliphatic rings. The van der Waals surface area contributed by atoms with Crippen LogP contribution in [0.2, 0.25) is 0 Å². The van der Waals surface area contributed by atoms with Crippen LogP contribution in [0.4, 0.5) is 10.1 Å². The molecule has 0 fully saturated rings. The number of amides is 2. The summed E-state index contributed by atoms with van der Waals surface area (Å²) in [6.45, 7) is -0.487. The van der Waals surface area contributed by atoms with Gasteiger partial charge in [0.1, 0.15) is 12.4 Å². The predicted molar refractivity (Wildman–Crippen MR) is 95.0 cm³/mol. The average molecular weight is 372 g/mol. The first kappa shape index (κ1) is 19.8. The van der Waals surface area contributed by atoms with E-state index in [2.05, 4.69) is 10.6 Å². The number of aliphatic carboxylic acids is 1. The molecule has 0 saturated heterocycles. The summed E-state index contributed by atoms with van der Waals surface area (Å²) in [6, 6.07) is 11.0. The van der Waals surface area contributed by atoms with Crippen LogP contribution in [0.3, 0.4) is 0 Å². The quantitative estimate of drug-likeness (QED) is 0.615. The van der Waals surface area contributed by atoms with Crippen LogP contribution in [0, 0.1) is 5.82 Å². The molecule has 0 bridgehead atoms.